The number of aliphatic hydroxyl groups is 1. The van der Waals surface area contributed by atoms with Gasteiger partial charge in [-0.15, -0.1) is 0 Å². The zero-order valence-electron chi connectivity index (χ0n) is 39.0. The molecule has 0 saturated heterocycles. The molecule has 0 saturated carbocycles. The number of nitrogens with one attached hydrogen (secondary N) is 1. The molecule has 0 heterocycles. The summed E-state index contributed by atoms with van der Waals surface area (Å²) >= 11 is 0. The van der Waals surface area contributed by atoms with Crippen LogP contribution in [0.3, 0.4) is 0 Å². The molecule has 0 aromatic heterocycles. The average Bonchev–Trinajstić information content (AvgIpc) is 3.22. The van der Waals surface area contributed by atoms with Crippen LogP contribution in [0.15, 0.2) is 24.3 Å². The fourth-order valence-electron chi connectivity index (χ4n) is 7.68. The molecule has 350 valence electrons. The quantitative estimate of drug-likeness (QED) is 0.0272. The van der Waals surface area contributed by atoms with Gasteiger partial charge in [0.05, 0.1) is 25.4 Å². The smallest absolute Gasteiger partial charge is 0.387 e. The number of amides is 1. The van der Waals surface area contributed by atoms with Crippen LogP contribution in [0.25, 0.3) is 0 Å². The maximum absolute atomic E-state index is 12.8. The highest BCUT2D eigenvalue weighted by atomic mass is 31.2. The molecule has 8 nitrogen and oxygen atoms in total. The minimum atomic E-state index is -4.35. The Bertz CT molecular complexity index is 979. The van der Waals surface area contributed by atoms with E-state index in [-0.39, 0.29) is 25.7 Å². The second kappa shape index (κ2) is 46.5. The molecular formula is C50H99N2O6P. The van der Waals surface area contributed by atoms with Gasteiger partial charge in [0, 0.05) is 13.0 Å². The van der Waals surface area contributed by atoms with Crippen LogP contribution in [-0.4, -0.2) is 47.8 Å². The van der Waals surface area contributed by atoms with E-state index in [0.717, 1.165) is 38.5 Å². The Labute approximate surface area is 366 Å². The summed E-state index contributed by atoms with van der Waals surface area (Å²) in [5.74, 6) is -0.199. The van der Waals surface area contributed by atoms with Crippen molar-refractivity contribution in [1.82, 2.24) is 5.32 Å². The van der Waals surface area contributed by atoms with E-state index in [2.05, 4.69) is 31.3 Å². The Hall–Kier alpha value is -1.02. The summed E-state index contributed by atoms with van der Waals surface area (Å²) in [5, 5.41) is 13.7. The molecule has 1 amide bonds. The number of nitrogens with two attached hydrogens (primary N) is 1. The van der Waals surface area contributed by atoms with Gasteiger partial charge in [-0.25, -0.2) is 4.57 Å². The molecule has 0 aliphatic heterocycles. The van der Waals surface area contributed by atoms with Crippen molar-refractivity contribution >= 4 is 13.7 Å². The minimum Gasteiger partial charge on any atom is -0.387 e. The largest absolute Gasteiger partial charge is 0.472 e. The van der Waals surface area contributed by atoms with Crippen LogP contribution in [0.2, 0.25) is 0 Å². The number of rotatable bonds is 48. The van der Waals surface area contributed by atoms with Gasteiger partial charge < -0.3 is 21.1 Å². The molecule has 0 aromatic carbocycles. The highest BCUT2D eigenvalue weighted by molar-refractivity contribution is 7.47. The summed E-state index contributed by atoms with van der Waals surface area (Å²) in [7, 11) is -4.35. The van der Waals surface area contributed by atoms with Gasteiger partial charge in [-0.05, 0) is 32.1 Å². The third kappa shape index (κ3) is 44.8. The normalized spacial score (nSPS) is 14.1. The Balaban J connectivity index is 4.12. The topological polar surface area (TPSA) is 131 Å². The standard InChI is InChI=1S/C50H99N2O6P/c1-3-5-7-9-11-13-15-17-19-21-23-25-27-29-31-33-35-37-39-41-43-49(53)48(47-58-59(55,56)57-46-45-51)52-50(54)44-42-40-38-36-34-32-30-28-26-24-22-20-18-16-14-12-10-8-6-4-2/h33,35,41,43,48-49,53H,3-32,34,36-40,42,44-47,51H2,1-2H3,(H,52,54)(H,55,56)/b35-33+,43-41+. The molecule has 0 bridgehead atoms. The lowest BCUT2D eigenvalue weighted by Gasteiger charge is -2.23. The molecule has 0 fully saturated rings. The minimum absolute atomic E-state index is 0.0762. The highest BCUT2D eigenvalue weighted by Crippen LogP contribution is 2.43. The monoisotopic (exact) mass is 855 g/mol. The van der Waals surface area contributed by atoms with Gasteiger partial charge in [0.1, 0.15) is 0 Å². The van der Waals surface area contributed by atoms with Gasteiger partial charge in [-0.1, -0.05) is 244 Å². The molecule has 3 atom stereocenters. The zero-order chi connectivity index (χ0) is 43.2. The first-order valence-electron chi connectivity index (χ1n) is 25.5. The first-order valence-corrected chi connectivity index (χ1v) is 27.0. The van der Waals surface area contributed by atoms with Crippen LogP contribution in [0, 0.1) is 0 Å². The van der Waals surface area contributed by atoms with Gasteiger partial charge in [0.15, 0.2) is 0 Å². The van der Waals surface area contributed by atoms with Crippen LogP contribution < -0.4 is 11.1 Å². The lowest BCUT2D eigenvalue weighted by atomic mass is 10.0. The highest BCUT2D eigenvalue weighted by Gasteiger charge is 2.26. The SMILES string of the molecule is CCCCCCCCCCCCCCCC/C=C/CC/C=C/C(O)C(COP(=O)(O)OCCN)NC(=O)CCCCCCCCCCCCCCCCCCCCCC. The van der Waals surface area contributed by atoms with E-state index in [1.807, 2.05) is 6.08 Å². The second-order valence-electron chi connectivity index (χ2n) is 17.4. The van der Waals surface area contributed by atoms with Gasteiger partial charge in [0.2, 0.25) is 5.91 Å². The van der Waals surface area contributed by atoms with Crippen LogP contribution >= 0.6 is 7.82 Å². The van der Waals surface area contributed by atoms with Crippen molar-refractivity contribution in [3.63, 3.8) is 0 Å². The first-order chi connectivity index (χ1) is 28.9. The van der Waals surface area contributed by atoms with E-state index in [1.165, 1.54) is 199 Å². The van der Waals surface area contributed by atoms with E-state index >= 15 is 0 Å². The van der Waals surface area contributed by atoms with Crippen LogP contribution in [-0.2, 0) is 18.4 Å². The van der Waals surface area contributed by atoms with Gasteiger partial charge >= 0.3 is 7.82 Å². The number of aliphatic hydroxyl groups excluding tert-OH is 1. The molecule has 0 aliphatic rings. The number of allylic oxidation sites excluding steroid dienone is 3. The maximum Gasteiger partial charge on any atom is 0.472 e. The van der Waals surface area contributed by atoms with Crippen molar-refractivity contribution < 1.29 is 28.4 Å². The number of carbonyl (C=O) groups is 1. The predicted molar refractivity (Wildman–Crippen MR) is 254 cm³/mol. The van der Waals surface area contributed by atoms with E-state index in [1.54, 1.807) is 6.08 Å². The Morgan fingerprint density at radius 2 is 0.898 bits per heavy atom. The van der Waals surface area contributed by atoms with E-state index < -0.39 is 20.0 Å². The number of hydrogen-bond acceptors (Lipinski definition) is 6. The second-order valence-corrected chi connectivity index (χ2v) is 18.8. The third-order valence-electron chi connectivity index (χ3n) is 11.5. The molecule has 0 rings (SSSR count). The molecule has 9 heteroatoms. The average molecular weight is 855 g/mol. The predicted octanol–water partition coefficient (Wildman–Crippen LogP) is 14.9. The summed E-state index contributed by atoms with van der Waals surface area (Å²) < 4.78 is 22.2. The Morgan fingerprint density at radius 1 is 0.542 bits per heavy atom. The van der Waals surface area contributed by atoms with Gasteiger partial charge in [-0.3, -0.25) is 13.8 Å². The van der Waals surface area contributed by atoms with E-state index in [0.29, 0.717) is 6.42 Å². The molecule has 0 spiro atoms. The number of unbranched alkanes of at least 4 members (excludes halogenated alkanes) is 34. The van der Waals surface area contributed by atoms with Crippen molar-refractivity contribution in [2.45, 2.75) is 270 Å². The molecule has 0 aromatic rings. The molecule has 5 N–H and O–H groups in total. The lowest BCUT2D eigenvalue weighted by molar-refractivity contribution is -0.123. The molecular weight excluding hydrogens is 756 g/mol. The van der Waals surface area contributed by atoms with Gasteiger partial charge in [0.25, 0.3) is 0 Å². The summed E-state index contributed by atoms with van der Waals surface area (Å²) in [6.45, 7) is 4.16. The van der Waals surface area contributed by atoms with Crippen LogP contribution in [0.5, 0.6) is 0 Å². The number of phosphoric acid groups is 1. The van der Waals surface area contributed by atoms with Crippen molar-refractivity contribution in [3.8, 4) is 0 Å². The summed E-state index contributed by atoms with van der Waals surface area (Å²) in [4.78, 5) is 22.8. The zero-order valence-corrected chi connectivity index (χ0v) is 39.9. The number of phosphoric ester groups is 1. The number of hydrogen-bond donors (Lipinski definition) is 4. The fraction of sp³-hybridized carbons (Fsp3) is 0.900. The van der Waals surface area contributed by atoms with Crippen molar-refractivity contribution in [1.29, 1.82) is 0 Å². The van der Waals surface area contributed by atoms with Crippen molar-refractivity contribution in [2.24, 2.45) is 5.73 Å². The fourth-order valence-corrected chi connectivity index (χ4v) is 8.44. The lowest BCUT2D eigenvalue weighted by Crippen LogP contribution is -2.45. The summed E-state index contributed by atoms with van der Waals surface area (Å²) in [6.07, 6.45) is 55.3. The maximum atomic E-state index is 12.8. The summed E-state index contributed by atoms with van der Waals surface area (Å²) in [5.41, 5.74) is 5.39. The molecule has 59 heavy (non-hydrogen) atoms. The molecule has 0 radical (unpaired) electrons. The Kier molecular flexibility index (Phi) is 45.7. The van der Waals surface area contributed by atoms with Crippen molar-refractivity contribution in [3.05, 3.63) is 24.3 Å². The molecule has 3 unspecified atom stereocenters. The van der Waals surface area contributed by atoms with E-state index in [9.17, 15) is 19.4 Å². The number of carbonyl (C=O) groups excluding carboxylic acids is 1. The van der Waals surface area contributed by atoms with Crippen LogP contribution in [0.4, 0.5) is 0 Å². The first kappa shape index (κ1) is 58.0. The Morgan fingerprint density at radius 3 is 1.31 bits per heavy atom. The van der Waals surface area contributed by atoms with Crippen molar-refractivity contribution in [2.75, 3.05) is 19.8 Å². The third-order valence-corrected chi connectivity index (χ3v) is 12.5. The van der Waals surface area contributed by atoms with E-state index in [4.69, 9.17) is 14.8 Å². The van der Waals surface area contributed by atoms with Gasteiger partial charge in [-0.2, -0.15) is 0 Å². The molecule has 0 aliphatic carbocycles. The van der Waals surface area contributed by atoms with Crippen LogP contribution in [0.1, 0.15) is 258 Å². The summed E-state index contributed by atoms with van der Waals surface area (Å²) in [6, 6.07) is -0.873.